The van der Waals surface area contributed by atoms with E-state index in [1.807, 2.05) is 49.8 Å². The molecule has 0 aliphatic heterocycles. The summed E-state index contributed by atoms with van der Waals surface area (Å²) in [5.74, 6) is 0. The minimum atomic E-state index is -0.494. The molecule has 0 saturated heterocycles. The number of aromatic nitrogens is 2. The monoisotopic (exact) mass is 301 g/mol. The van der Waals surface area contributed by atoms with E-state index in [2.05, 4.69) is 24.3 Å². The molecule has 0 bridgehead atoms. The first kappa shape index (κ1) is 16.7. The Morgan fingerprint density at radius 1 is 1.27 bits per heavy atom. The van der Waals surface area contributed by atoms with Crippen molar-refractivity contribution in [1.29, 1.82) is 0 Å². The van der Waals surface area contributed by atoms with Crippen LogP contribution in [-0.2, 0) is 7.05 Å². The number of aryl methyl sites for hydroxylation is 3. The van der Waals surface area contributed by atoms with Gasteiger partial charge in [0.2, 0.25) is 0 Å². The third-order valence-electron chi connectivity index (χ3n) is 4.31. The summed E-state index contributed by atoms with van der Waals surface area (Å²) in [6.07, 6.45) is 0.472. The average molecular weight is 301 g/mol. The van der Waals surface area contributed by atoms with Crippen LogP contribution in [-0.4, -0.2) is 21.4 Å². The Hall–Kier alpha value is -1.65. The van der Waals surface area contributed by atoms with Gasteiger partial charge >= 0.3 is 0 Å². The van der Waals surface area contributed by atoms with Crippen LogP contribution in [0.5, 0.6) is 0 Å². The number of benzene rings is 1. The average Bonchev–Trinajstić information content (AvgIpc) is 2.74. The lowest BCUT2D eigenvalue weighted by atomic mass is 10.0. The second-order valence-electron chi connectivity index (χ2n) is 6.01. The third-order valence-corrected chi connectivity index (χ3v) is 4.31. The standard InChI is InChI=1S/C18H27N3O/c1-6-16(18-13(3)20-21(5)14(18)4)19-11-17(22)15-9-7-8-12(2)10-15/h7-10,16-17,19,22H,6,11H2,1-5H3. The molecule has 0 fully saturated rings. The molecule has 22 heavy (non-hydrogen) atoms. The van der Waals surface area contributed by atoms with Gasteiger partial charge in [-0.25, -0.2) is 0 Å². The molecule has 0 radical (unpaired) electrons. The predicted octanol–water partition coefficient (Wildman–Crippen LogP) is 3.12. The van der Waals surface area contributed by atoms with E-state index in [-0.39, 0.29) is 6.04 Å². The first-order valence-corrected chi connectivity index (χ1v) is 7.92. The number of nitrogens with one attached hydrogen (secondary N) is 1. The molecule has 1 heterocycles. The lowest BCUT2D eigenvalue weighted by molar-refractivity contribution is 0.169. The first-order chi connectivity index (χ1) is 10.4. The van der Waals surface area contributed by atoms with Gasteiger partial charge in [-0.1, -0.05) is 36.8 Å². The summed E-state index contributed by atoms with van der Waals surface area (Å²) in [4.78, 5) is 0. The molecule has 0 aliphatic rings. The van der Waals surface area contributed by atoms with E-state index in [1.165, 1.54) is 16.8 Å². The zero-order chi connectivity index (χ0) is 16.3. The van der Waals surface area contributed by atoms with Gasteiger partial charge in [-0.2, -0.15) is 5.10 Å². The molecule has 2 N–H and O–H groups in total. The molecule has 0 saturated carbocycles. The van der Waals surface area contributed by atoms with Crippen molar-refractivity contribution in [3.8, 4) is 0 Å². The van der Waals surface area contributed by atoms with Crippen LogP contribution in [0, 0.1) is 20.8 Å². The summed E-state index contributed by atoms with van der Waals surface area (Å²) in [5.41, 5.74) is 5.62. The molecule has 2 rings (SSSR count). The number of hydrogen-bond acceptors (Lipinski definition) is 3. The molecule has 120 valence electrons. The van der Waals surface area contributed by atoms with Gasteiger partial charge < -0.3 is 10.4 Å². The topological polar surface area (TPSA) is 50.1 Å². The highest BCUT2D eigenvalue weighted by atomic mass is 16.3. The lowest BCUT2D eigenvalue weighted by Crippen LogP contribution is -2.27. The van der Waals surface area contributed by atoms with Crippen molar-refractivity contribution in [1.82, 2.24) is 15.1 Å². The van der Waals surface area contributed by atoms with Crippen molar-refractivity contribution in [2.24, 2.45) is 7.05 Å². The van der Waals surface area contributed by atoms with Gasteiger partial charge in [-0.15, -0.1) is 0 Å². The molecule has 0 aliphatic carbocycles. The van der Waals surface area contributed by atoms with E-state index in [9.17, 15) is 5.11 Å². The van der Waals surface area contributed by atoms with E-state index in [1.54, 1.807) is 0 Å². The maximum Gasteiger partial charge on any atom is 0.0914 e. The van der Waals surface area contributed by atoms with Gasteiger partial charge in [0.25, 0.3) is 0 Å². The normalized spacial score (nSPS) is 14.1. The first-order valence-electron chi connectivity index (χ1n) is 7.92. The maximum atomic E-state index is 10.4. The molecule has 2 unspecified atom stereocenters. The van der Waals surface area contributed by atoms with Crippen molar-refractivity contribution in [2.75, 3.05) is 6.54 Å². The van der Waals surface area contributed by atoms with Crippen LogP contribution >= 0.6 is 0 Å². The van der Waals surface area contributed by atoms with Gasteiger partial charge in [0.1, 0.15) is 0 Å². The predicted molar refractivity (Wildman–Crippen MR) is 89.9 cm³/mol. The quantitative estimate of drug-likeness (QED) is 0.862. The van der Waals surface area contributed by atoms with Crippen molar-refractivity contribution in [3.63, 3.8) is 0 Å². The van der Waals surface area contributed by atoms with E-state index in [0.717, 1.165) is 17.7 Å². The van der Waals surface area contributed by atoms with Gasteiger partial charge in [0.15, 0.2) is 0 Å². The second kappa shape index (κ2) is 7.07. The van der Waals surface area contributed by atoms with Crippen LogP contribution in [0.3, 0.4) is 0 Å². The van der Waals surface area contributed by atoms with E-state index in [0.29, 0.717) is 6.54 Å². The number of aliphatic hydroxyl groups excluding tert-OH is 1. The van der Waals surface area contributed by atoms with Crippen LogP contribution < -0.4 is 5.32 Å². The summed E-state index contributed by atoms with van der Waals surface area (Å²) in [6.45, 7) is 8.87. The van der Waals surface area contributed by atoms with Gasteiger partial charge in [0, 0.05) is 30.9 Å². The van der Waals surface area contributed by atoms with Gasteiger partial charge in [-0.3, -0.25) is 4.68 Å². The second-order valence-corrected chi connectivity index (χ2v) is 6.01. The SMILES string of the molecule is CCC(NCC(O)c1cccc(C)c1)c1c(C)nn(C)c1C. The Bertz CT molecular complexity index is 633. The fourth-order valence-electron chi connectivity index (χ4n) is 2.99. The molecule has 4 heteroatoms. The Morgan fingerprint density at radius 2 is 2.00 bits per heavy atom. The molecule has 2 atom stereocenters. The summed E-state index contributed by atoms with van der Waals surface area (Å²) in [7, 11) is 1.97. The summed E-state index contributed by atoms with van der Waals surface area (Å²) >= 11 is 0. The van der Waals surface area contributed by atoms with Crippen molar-refractivity contribution >= 4 is 0 Å². The highest BCUT2D eigenvalue weighted by Crippen LogP contribution is 2.24. The number of nitrogens with zero attached hydrogens (tertiary/aromatic N) is 2. The van der Waals surface area contributed by atoms with Crippen LogP contribution in [0.1, 0.15) is 53.6 Å². The summed E-state index contributed by atoms with van der Waals surface area (Å²) in [6, 6.07) is 8.25. The van der Waals surface area contributed by atoms with Crippen LogP contribution in [0.25, 0.3) is 0 Å². The number of rotatable bonds is 6. The highest BCUT2D eigenvalue weighted by Gasteiger charge is 2.19. The minimum Gasteiger partial charge on any atom is -0.387 e. The van der Waals surface area contributed by atoms with Crippen molar-refractivity contribution < 1.29 is 5.11 Å². The van der Waals surface area contributed by atoms with E-state index in [4.69, 9.17) is 0 Å². The molecule has 4 nitrogen and oxygen atoms in total. The zero-order valence-electron chi connectivity index (χ0n) is 14.2. The fourth-order valence-corrected chi connectivity index (χ4v) is 2.99. The van der Waals surface area contributed by atoms with E-state index >= 15 is 0 Å². The Balaban J connectivity index is 2.08. The summed E-state index contributed by atoms with van der Waals surface area (Å²) < 4.78 is 1.92. The molecular weight excluding hydrogens is 274 g/mol. The third kappa shape index (κ3) is 3.57. The molecule has 1 aromatic carbocycles. The molecule has 1 aromatic heterocycles. The summed E-state index contributed by atoms with van der Waals surface area (Å²) in [5, 5.41) is 18.4. The fraction of sp³-hybridized carbons (Fsp3) is 0.500. The maximum absolute atomic E-state index is 10.4. The highest BCUT2D eigenvalue weighted by molar-refractivity contribution is 5.28. The Kier molecular flexibility index (Phi) is 5.37. The van der Waals surface area contributed by atoms with Gasteiger partial charge in [0.05, 0.1) is 11.8 Å². The van der Waals surface area contributed by atoms with Crippen LogP contribution in [0.4, 0.5) is 0 Å². The van der Waals surface area contributed by atoms with Crippen molar-refractivity contribution in [2.45, 2.75) is 46.3 Å². The molecule has 0 spiro atoms. The van der Waals surface area contributed by atoms with Gasteiger partial charge in [-0.05, 0) is 32.8 Å². The number of hydrogen-bond donors (Lipinski definition) is 2. The lowest BCUT2D eigenvalue weighted by Gasteiger charge is -2.20. The smallest absolute Gasteiger partial charge is 0.0914 e. The largest absolute Gasteiger partial charge is 0.387 e. The Morgan fingerprint density at radius 3 is 2.55 bits per heavy atom. The minimum absolute atomic E-state index is 0.216. The van der Waals surface area contributed by atoms with Crippen LogP contribution in [0.2, 0.25) is 0 Å². The zero-order valence-corrected chi connectivity index (χ0v) is 14.2. The molecule has 2 aromatic rings. The van der Waals surface area contributed by atoms with Crippen molar-refractivity contribution in [3.05, 3.63) is 52.3 Å². The molecule has 0 amide bonds. The van der Waals surface area contributed by atoms with Crippen LogP contribution in [0.15, 0.2) is 24.3 Å². The number of aliphatic hydroxyl groups is 1. The van der Waals surface area contributed by atoms with E-state index < -0.39 is 6.10 Å². The molecular formula is C18H27N3O. The Labute approximate surface area is 133 Å².